The molecule has 0 saturated heterocycles. The Kier molecular flexibility index (Phi) is 5.75. The molecule has 0 aliphatic rings. The molecule has 0 aliphatic carbocycles. The maximum absolute atomic E-state index is 2.40. The fourth-order valence-electron chi connectivity index (χ4n) is 6.65. The second kappa shape index (κ2) is 10.1. The molecule has 0 amide bonds. The minimum atomic E-state index is 1.17. The van der Waals surface area contributed by atoms with Gasteiger partial charge in [0, 0.05) is 36.6 Å². The van der Waals surface area contributed by atoms with Gasteiger partial charge in [-0.05, 0) is 81.9 Å². The number of hydrogen-bond acceptors (Lipinski definition) is 1. The first-order valence-corrected chi connectivity index (χ1v) is 15.8. The van der Waals surface area contributed by atoms with E-state index in [4.69, 9.17) is 0 Å². The van der Waals surface area contributed by atoms with Crippen molar-refractivity contribution in [1.29, 1.82) is 0 Å². The lowest BCUT2D eigenvalue weighted by Crippen LogP contribution is -1.94. The zero-order valence-corrected chi connectivity index (χ0v) is 24.8. The monoisotopic (exact) mass is 577 g/mol. The standard InChI is InChI=1S/C42H27NS/c1-2-9-28(10-3-1)31-11-8-12-34(25-31)43-39-15-6-4-13-35(39)37-26-32(21-23-40(37)43)29-17-19-30(20-18-29)33-22-24-42-38(27-33)36-14-5-7-16-41(36)44-42/h1-27H. The van der Waals surface area contributed by atoms with Crippen LogP contribution in [0.1, 0.15) is 0 Å². The molecule has 0 fully saturated rings. The zero-order chi connectivity index (χ0) is 29.0. The first-order valence-electron chi connectivity index (χ1n) is 15.0. The Morgan fingerprint density at radius 3 is 1.68 bits per heavy atom. The molecule has 0 N–H and O–H groups in total. The molecule has 206 valence electrons. The van der Waals surface area contributed by atoms with Crippen molar-refractivity contribution in [2.75, 3.05) is 0 Å². The Balaban J connectivity index is 1.12. The number of hydrogen-bond donors (Lipinski definition) is 0. The van der Waals surface area contributed by atoms with Crippen LogP contribution in [0.3, 0.4) is 0 Å². The molecule has 7 aromatic carbocycles. The number of benzene rings is 7. The molecule has 2 heteroatoms. The Morgan fingerprint density at radius 1 is 0.318 bits per heavy atom. The van der Waals surface area contributed by atoms with E-state index in [2.05, 4.69) is 168 Å². The van der Waals surface area contributed by atoms with Gasteiger partial charge in [-0.1, -0.05) is 115 Å². The third-order valence-corrected chi connectivity index (χ3v) is 9.96. The van der Waals surface area contributed by atoms with Gasteiger partial charge in [0.05, 0.1) is 11.0 Å². The zero-order valence-electron chi connectivity index (χ0n) is 23.9. The fraction of sp³-hybridized carbons (Fsp3) is 0. The number of fused-ring (bicyclic) bond motifs is 6. The van der Waals surface area contributed by atoms with Crippen molar-refractivity contribution < 1.29 is 0 Å². The molecule has 0 saturated carbocycles. The second-order valence-electron chi connectivity index (χ2n) is 11.4. The highest BCUT2D eigenvalue weighted by atomic mass is 32.1. The van der Waals surface area contributed by atoms with Crippen LogP contribution in [0.25, 0.3) is 81.0 Å². The van der Waals surface area contributed by atoms with E-state index < -0.39 is 0 Å². The van der Waals surface area contributed by atoms with Crippen LogP contribution in [-0.4, -0.2) is 4.57 Å². The number of nitrogens with zero attached hydrogens (tertiary/aromatic N) is 1. The molecule has 9 aromatic rings. The SMILES string of the molecule is c1ccc(-c2cccc(-n3c4ccccc4c4cc(-c5ccc(-c6ccc7sc8ccccc8c7c6)cc5)ccc43)c2)cc1. The molecule has 1 nitrogen and oxygen atoms in total. The first-order chi connectivity index (χ1) is 21.8. The summed E-state index contributed by atoms with van der Waals surface area (Å²) in [5.74, 6) is 0. The fourth-order valence-corrected chi connectivity index (χ4v) is 7.73. The van der Waals surface area contributed by atoms with Gasteiger partial charge in [-0.15, -0.1) is 11.3 Å². The van der Waals surface area contributed by atoms with Crippen molar-refractivity contribution in [3.05, 3.63) is 164 Å². The van der Waals surface area contributed by atoms with Crippen molar-refractivity contribution in [1.82, 2.24) is 4.57 Å². The summed E-state index contributed by atoms with van der Waals surface area (Å²) in [6.07, 6.45) is 0. The lowest BCUT2D eigenvalue weighted by atomic mass is 9.98. The van der Waals surface area contributed by atoms with E-state index in [1.165, 1.54) is 81.0 Å². The Bertz CT molecular complexity index is 2480. The van der Waals surface area contributed by atoms with Gasteiger partial charge in [-0.2, -0.15) is 0 Å². The predicted molar refractivity (Wildman–Crippen MR) is 190 cm³/mol. The Morgan fingerprint density at radius 2 is 0.864 bits per heavy atom. The highest BCUT2D eigenvalue weighted by Crippen LogP contribution is 2.38. The summed E-state index contributed by atoms with van der Waals surface area (Å²) >= 11 is 1.86. The maximum atomic E-state index is 2.40. The van der Waals surface area contributed by atoms with Crippen LogP contribution in [0, 0.1) is 0 Å². The number of para-hydroxylation sites is 1. The lowest BCUT2D eigenvalue weighted by molar-refractivity contribution is 1.18. The van der Waals surface area contributed by atoms with Crippen LogP contribution in [0.4, 0.5) is 0 Å². The van der Waals surface area contributed by atoms with Crippen LogP contribution in [-0.2, 0) is 0 Å². The third kappa shape index (κ3) is 4.07. The van der Waals surface area contributed by atoms with Crippen LogP contribution >= 0.6 is 11.3 Å². The molecule has 0 spiro atoms. The van der Waals surface area contributed by atoms with Crippen LogP contribution in [0.5, 0.6) is 0 Å². The lowest BCUT2D eigenvalue weighted by Gasteiger charge is -2.11. The minimum Gasteiger partial charge on any atom is -0.309 e. The van der Waals surface area contributed by atoms with E-state index in [1.807, 2.05) is 11.3 Å². The van der Waals surface area contributed by atoms with Crippen LogP contribution < -0.4 is 0 Å². The number of aromatic nitrogens is 1. The summed E-state index contributed by atoms with van der Waals surface area (Å²) in [6.45, 7) is 0. The molecule has 0 unspecified atom stereocenters. The molecule has 0 atom stereocenters. The third-order valence-electron chi connectivity index (χ3n) is 8.81. The van der Waals surface area contributed by atoms with Gasteiger partial charge in [-0.25, -0.2) is 0 Å². The molecule has 44 heavy (non-hydrogen) atoms. The van der Waals surface area contributed by atoms with Gasteiger partial charge < -0.3 is 4.57 Å². The predicted octanol–water partition coefficient (Wildman–Crippen LogP) is 12.2. The van der Waals surface area contributed by atoms with Crippen LogP contribution in [0.2, 0.25) is 0 Å². The van der Waals surface area contributed by atoms with Crippen molar-refractivity contribution >= 4 is 53.3 Å². The van der Waals surface area contributed by atoms with Crippen molar-refractivity contribution in [3.8, 4) is 39.1 Å². The normalized spacial score (nSPS) is 11.6. The van der Waals surface area contributed by atoms with Crippen molar-refractivity contribution in [2.45, 2.75) is 0 Å². The van der Waals surface area contributed by atoms with Crippen LogP contribution in [0.15, 0.2) is 164 Å². The quantitative estimate of drug-likeness (QED) is 0.196. The van der Waals surface area contributed by atoms with E-state index in [0.717, 1.165) is 0 Å². The van der Waals surface area contributed by atoms with Gasteiger partial charge in [-0.3, -0.25) is 0 Å². The molecule has 0 bridgehead atoms. The summed E-state index contributed by atoms with van der Waals surface area (Å²) < 4.78 is 5.08. The summed E-state index contributed by atoms with van der Waals surface area (Å²) in [6, 6.07) is 59.7. The topological polar surface area (TPSA) is 4.93 Å². The summed E-state index contributed by atoms with van der Waals surface area (Å²) in [5.41, 5.74) is 11.0. The van der Waals surface area contributed by atoms with E-state index >= 15 is 0 Å². The highest BCUT2D eigenvalue weighted by Gasteiger charge is 2.14. The minimum absolute atomic E-state index is 1.17. The maximum Gasteiger partial charge on any atom is 0.0541 e. The molecular weight excluding hydrogens is 551 g/mol. The first kappa shape index (κ1) is 25.1. The Hall–Kier alpha value is -5.44. The average molecular weight is 578 g/mol. The molecule has 2 heterocycles. The summed E-state index contributed by atoms with van der Waals surface area (Å²) in [7, 11) is 0. The van der Waals surface area contributed by atoms with E-state index in [0.29, 0.717) is 0 Å². The van der Waals surface area contributed by atoms with E-state index in [1.54, 1.807) is 0 Å². The van der Waals surface area contributed by atoms with E-state index in [-0.39, 0.29) is 0 Å². The van der Waals surface area contributed by atoms with Gasteiger partial charge in [0.25, 0.3) is 0 Å². The molecule has 2 aromatic heterocycles. The van der Waals surface area contributed by atoms with E-state index in [9.17, 15) is 0 Å². The van der Waals surface area contributed by atoms with Gasteiger partial charge >= 0.3 is 0 Å². The average Bonchev–Trinajstić information content (AvgIpc) is 3.64. The highest BCUT2D eigenvalue weighted by molar-refractivity contribution is 7.25. The van der Waals surface area contributed by atoms with Gasteiger partial charge in [0.2, 0.25) is 0 Å². The largest absolute Gasteiger partial charge is 0.309 e. The Labute approximate surface area is 259 Å². The second-order valence-corrected chi connectivity index (χ2v) is 12.5. The molecule has 0 aliphatic heterocycles. The molecule has 0 radical (unpaired) electrons. The van der Waals surface area contributed by atoms with Gasteiger partial charge in [0.1, 0.15) is 0 Å². The summed E-state index contributed by atoms with van der Waals surface area (Å²) in [5, 5.41) is 5.21. The van der Waals surface area contributed by atoms with Gasteiger partial charge in [0.15, 0.2) is 0 Å². The van der Waals surface area contributed by atoms with Crippen molar-refractivity contribution in [2.24, 2.45) is 0 Å². The van der Waals surface area contributed by atoms with Crippen molar-refractivity contribution in [3.63, 3.8) is 0 Å². The number of thiophene rings is 1. The molecular formula is C42H27NS. The smallest absolute Gasteiger partial charge is 0.0541 e. The molecule has 9 rings (SSSR count). The number of rotatable bonds is 4. The summed E-state index contributed by atoms with van der Waals surface area (Å²) in [4.78, 5) is 0.